The first kappa shape index (κ1) is 17.5. The highest BCUT2D eigenvalue weighted by atomic mass is 16.3. The number of nitrogens with zero attached hydrogens (tertiary/aromatic N) is 1. The van der Waals surface area contributed by atoms with Crippen LogP contribution in [0.4, 0.5) is 0 Å². The fourth-order valence-electron chi connectivity index (χ4n) is 2.35. The molecule has 118 valence electrons. The summed E-state index contributed by atoms with van der Waals surface area (Å²) < 4.78 is 0. The van der Waals surface area contributed by atoms with Crippen LogP contribution in [0.2, 0.25) is 0 Å². The normalized spacial score (nSPS) is 13.2. The van der Waals surface area contributed by atoms with E-state index in [1.165, 1.54) is 0 Å². The summed E-state index contributed by atoms with van der Waals surface area (Å²) in [5.74, 6) is 0.0668. The van der Waals surface area contributed by atoms with Crippen molar-refractivity contribution in [3.8, 4) is 5.75 Å². The summed E-state index contributed by atoms with van der Waals surface area (Å²) in [5, 5.41) is 12.2. The molecule has 5 nitrogen and oxygen atoms in total. The van der Waals surface area contributed by atoms with Crippen LogP contribution in [0, 0.1) is 5.41 Å². The van der Waals surface area contributed by atoms with Crippen LogP contribution in [-0.2, 0) is 11.2 Å². The van der Waals surface area contributed by atoms with Gasteiger partial charge >= 0.3 is 0 Å². The van der Waals surface area contributed by atoms with Gasteiger partial charge in [0.2, 0.25) is 5.91 Å². The molecule has 0 aliphatic rings. The summed E-state index contributed by atoms with van der Waals surface area (Å²) >= 11 is 0. The Morgan fingerprint density at radius 2 is 1.90 bits per heavy atom. The Hall–Kier alpha value is -1.59. The first-order valence-corrected chi connectivity index (χ1v) is 7.15. The van der Waals surface area contributed by atoms with Crippen molar-refractivity contribution in [3.05, 3.63) is 29.8 Å². The van der Waals surface area contributed by atoms with Gasteiger partial charge in [0, 0.05) is 13.1 Å². The first-order chi connectivity index (χ1) is 9.69. The van der Waals surface area contributed by atoms with Crippen LogP contribution < -0.4 is 11.1 Å². The van der Waals surface area contributed by atoms with E-state index in [1.54, 1.807) is 24.3 Å². The van der Waals surface area contributed by atoms with Gasteiger partial charge in [-0.15, -0.1) is 0 Å². The molecule has 5 heteroatoms. The lowest BCUT2D eigenvalue weighted by Crippen LogP contribution is -2.47. The van der Waals surface area contributed by atoms with E-state index in [0.29, 0.717) is 13.0 Å². The molecule has 0 radical (unpaired) electrons. The van der Waals surface area contributed by atoms with E-state index in [-0.39, 0.29) is 17.1 Å². The Balaban J connectivity index is 2.46. The van der Waals surface area contributed by atoms with Gasteiger partial charge in [0.1, 0.15) is 5.75 Å². The lowest BCUT2D eigenvalue weighted by molar-refractivity contribution is -0.122. The summed E-state index contributed by atoms with van der Waals surface area (Å²) in [4.78, 5) is 14.1. The number of benzene rings is 1. The molecule has 21 heavy (non-hydrogen) atoms. The Labute approximate surface area is 127 Å². The van der Waals surface area contributed by atoms with Crippen molar-refractivity contribution >= 4 is 5.91 Å². The fraction of sp³-hybridized carbons (Fsp3) is 0.562. The number of carbonyl (C=O) groups is 1. The maximum atomic E-state index is 12.0. The molecule has 1 aromatic rings. The quantitative estimate of drug-likeness (QED) is 0.700. The molecule has 0 aromatic heterocycles. The third-order valence-electron chi connectivity index (χ3n) is 3.21. The zero-order valence-corrected chi connectivity index (χ0v) is 13.4. The molecule has 1 aromatic carbocycles. The second-order valence-corrected chi connectivity index (χ2v) is 6.60. The number of nitrogens with one attached hydrogen (secondary N) is 1. The molecule has 1 rings (SSSR count). The minimum absolute atomic E-state index is 0.00256. The summed E-state index contributed by atoms with van der Waals surface area (Å²) in [6, 6.07) is 6.17. The smallest absolute Gasteiger partial charge is 0.237 e. The largest absolute Gasteiger partial charge is 0.508 e. The fourth-order valence-corrected chi connectivity index (χ4v) is 2.35. The van der Waals surface area contributed by atoms with Crippen molar-refractivity contribution in [1.29, 1.82) is 0 Å². The standard InChI is InChI=1S/C16H27N3O2/c1-16(2,11-19(3)4)10-18-15(21)14(17)9-12-5-7-13(20)8-6-12/h5-8,14,20H,9-11,17H2,1-4H3,(H,18,21). The molecule has 0 spiro atoms. The third kappa shape index (κ3) is 6.60. The van der Waals surface area contributed by atoms with Gasteiger partial charge in [-0.25, -0.2) is 0 Å². The molecule has 0 fully saturated rings. The van der Waals surface area contributed by atoms with E-state index >= 15 is 0 Å². The molecule has 0 saturated heterocycles. The van der Waals surface area contributed by atoms with Crippen molar-refractivity contribution in [2.24, 2.45) is 11.1 Å². The average Bonchev–Trinajstić information content (AvgIpc) is 2.37. The number of phenolic OH excluding ortho intramolecular Hbond substituents is 1. The molecule has 1 amide bonds. The number of nitrogens with two attached hydrogens (primary N) is 1. The molecule has 4 N–H and O–H groups in total. The molecule has 0 saturated carbocycles. The molecule has 0 heterocycles. The van der Waals surface area contributed by atoms with Gasteiger partial charge in [-0.1, -0.05) is 26.0 Å². The van der Waals surface area contributed by atoms with Crippen molar-refractivity contribution in [2.75, 3.05) is 27.2 Å². The van der Waals surface area contributed by atoms with Gasteiger partial charge in [-0.2, -0.15) is 0 Å². The van der Waals surface area contributed by atoms with Crippen LogP contribution in [0.5, 0.6) is 5.75 Å². The van der Waals surface area contributed by atoms with E-state index < -0.39 is 6.04 Å². The molecule has 0 aliphatic heterocycles. The Kier molecular flexibility index (Phi) is 6.18. The number of rotatable bonds is 7. The van der Waals surface area contributed by atoms with Crippen LogP contribution in [0.3, 0.4) is 0 Å². The molecule has 0 bridgehead atoms. The van der Waals surface area contributed by atoms with Crippen molar-refractivity contribution < 1.29 is 9.90 Å². The zero-order valence-electron chi connectivity index (χ0n) is 13.4. The van der Waals surface area contributed by atoms with Crippen molar-refractivity contribution in [3.63, 3.8) is 0 Å². The van der Waals surface area contributed by atoms with Gasteiger partial charge in [-0.3, -0.25) is 4.79 Å². The number of hydrogen-bond acceptors (Lipinski definition) is 4. The van der Waals surface area contributed by atoms with Gasteiger partial charge in [0.05, 0.1) is 6.04 Å². The lowest BCUT2D eigenvalue weighted by atomic mass is 9.92. The highest BCUT2D eigenvalue weighted by molar-refractivity contribution is 5.81. The lowest BCUT2D eigenvalue weighted by Gasteiger charge is -2.29. The third-order valence-corrected chi connectivity index (χ3v) is 3.21. The topological polar surface area (TPSA) is 78.6 Å². The number of phenols is 1. The SMILES string of the molecule is CN(C)CC(C)(C)CNC(=O)C(N)Cc1ccc(O)cc1. The van der Waals surface area contributed by atoms with E-state index in [4.69, 9.17) is 5.73 Å². The summed E-state index contributed by atoms with van der Waals surface area (Å²) in [5.41, 5.74) is 6.86. The molecular weight excluding hydrogens is 266 g/mol. The van der Waals surface area contributed by atoms with Crippen LogP contribution in [-0.4, -0.2) is 49.1 Å². The van der Waals surface area contributed by atoms with Crippen LogP contribution in [0.1, 0.15) is 19.4 Å². The van der Waals surface area contributed by atoms with E-state index in [9.17, 15) is 9.90 Å². The van der Waals surface area contributed by atoms with Crippen LogP contribution in [0.25, 0.3) is 0 Å². The highest BCUT2D eigenvalue weighted by Crippen LogP contribution is 2.14. The Morgan fingerprint density at radius 1 is 1.33 bits per heavy atom. The monoisotopic (exact) mass is 293 g/mol. The number of hydrogen-bond donors (Lipinski definition) is 3. The predicted molar refractivity (Wildman–Crippen MR) is 85.1 cm³/mol. The minimum atomic E-state index is -0.579. The molecule has 0 aliphatic carbocycles. The van der Waals surface area contributed by atoms with Crippen molar-refractivity contribution in [2.45, 2.75) is 26.3 Å². The summed E-state index contributed by atoms with van der Waals surface area (Å²) in [7, 11) is 4.03. The molecule has 1 atom stereocenters. The van der Waals surface area contributed by atoms with Crippen LogP contribution >= 0.6 is 0 Å². The number of aromatic hydroxyl groups is 1. The van der Waals surface area contributed by atoms with Gasteiger partial charge < -0.3 is 21.1 Å². The van der Waals surface area contributed by atoms with E-state index in [2.05, 4.69) is 24.1 Å². The highest BCUT2D eigenvalue weighted by Gasteiger charge is 2.21. The first-order valence-electron chi connectivity index (χ1n) is 7.15. The number of carbonyl (C=O) groups excluding carboxylic acids is 1. The molecular formula is C16H27N3O2. The second kappa shape index (κ2) is 7.43. The summed E-state index contributed by atoms with van der Waals surface area (Å²) in [6.07, 6.45) is 0.459. The number of amides is 1. The van der Waals surface area contributed by atoms with Gasteiger partial charge in [0.25, 0.3) is 0 Å². The average molecular weight is 293 g/mol. The predicted octanol–water partition coefficient (Wildman–Crippen LogP) is 0.966. The van der Waals surface area contributed by atoms with E-state index in [1.807, 2.05) is 14.1 Å². The maximum absolute atomic E-state index is 12.0. The van der Waals surface area contributed by atoms with Gasteiger partial charge in [0.15, 0.2) is 0 Å². The minimum Gasteiger partial charge on any atom is -0.508 e. The van der Waals surface area contributed by atoms with E-state index in [0.717, 1.165) is 12.1 Å². The Morgan fingerprint density at radius 3 is 2.43 bits per heavy atom. The second-order valence-electron chi connectivity index (χ2n) is 6.60. The Bertz CT molecular complexity index is 455. The van der Waals surface area contributed by atoms with Crippen molar-refractivity contribution in [1.82, 2.24) is 10.2 Å². The molecule has 1 unspecified atom stereocenters. The zero-order chi connectivity index (χ0) is 16.0. The summed E-state index contributed by atoms with van der Waals surface area (Å²) in [6.45, 7) is 5.70. The maximum Gasteiger partial charge on any atom is 0.237 e. The van der Waals surface area contributed by atoms with Crippen LogP contribution in [0.15, 0.2) is 24.3 Å². The van der Waals surface area contributed by atoms with Gasteiger partial charge in [-0.05, 0) is 43.6 Å².